The standard InChI is InChI=1S/C13H19IN6O2/c1-7(18-12(21)22-13(2,3)4)5-20-11-8(9(14)19-20)10(15)16-6-17-11/h6-7H,5H2,1-4H3,(H,18,21)(H2,15,16,17)/t7-/m0/s1. The van der Waals surface area contributed by atoms with Crippen LogP contribution in [-0.2, 0) is 11.3 Å². The number of aromatic nitrogens is 4. The summed E-state index contributed by atoms with van der Waals surface area (Å²) in [6, 6.07) is -0.176. The number of anilines is 1. The zero-order valence-corrected chi connectivity index (χ0v) is 15.1. The predicted molar refractivity (Wildman–Crippen MR) is 91.3 cm³/mol. The van der Waals surface area contributed by atoms with Gasteiger partial charge in [0.25, 0.3) is 0 Å². The normalized spacial score (nSPS) is 13.1. The second-order valence-corrected chi connectivity index (χ2v) is 7.00. The van der Waals surface area contributed by atoms with E-state index in [9.17, 15) is 4.79 Å². The van der Waals surface area contributed by atoms with Crippen LogP contribution in [0.25, 0.3) is 11.0 Å². The molecule has 0 fully saturated rings. The summed E-state index contributed by atoms with van der Waals surface area (Å²) in [4.78, 5) is 20.0. The number of rotatable bonds is 3. The lowest BCUT2D eigenvalue weighted by Gasteiger charge is -2.22. The molecule has 2 aromatic heterocycles. The Labute approximate surface area is 142 Å². The summed E-state index contributed by atoms with van der Waals surface area (Å²) >= 11 is 2.09. The molecule has 0 unspecified atom stereocenters. The van der Waals surface area contributed by atoms with Crippen LogP contribution in [0.4, 0.5) is 10.6 Å². The number of halogens is 1. The molecule has 0 aliphatic heterocycles. The van der Waals surface area contributed by atoms with Gasteiger partial charge in [-0.25, -0.2) is 19.4 Å². The first-order chi connectivity index (χ1) is 10.2. The SMILES string of the molecule is C[C@@H](Cn1nc(I)c2c(N)ncnc21)NC(=O)OC(C)(C)C. The number of alkyl carbamates (subject to hydrolysis) is 1. The third kappa shape index (κ3) is 3.96. The summed E-state index contributed by atoms with van der Waals surface area (Å²) in [6.07, 6.45) is 0.943. The molecule has 2 heterocycles. The Morgan fingerprint density at radius 3 is 2.82 bits per heavy atom. The summed E-state index contributed by atoms with van der Waals surface area (Å²) in [5.74, 6) is 0.397. The number of carbonyl (C=O) groups excluding carboxylic acids is 1. The molecule has 0 saturated carbocycles. The van der Waals surface area contributed by atoms with Crippen LogP contribution in [0, 0.1) is 3.70 Å². The third-order valence-corrected chi connectivity index (χ3v) is 3.48. The highest BCUT2D eigenvalue weighted by molar-refractivity contribution is 14.1. The van der Waals surface area contributed by atoms with Crippen molar-refractivity contribution in [3.8, 4) is 0 Å². The van der Waals surface area contributed by atoms with Crippen LogP contribution >= 0.6 is 22.6 Å². The Balaban J connectivity index is 2.11. The van der Waals surface area contributed by atoms with Crippen LogP contribution in [0.3, 0.4) is 0 Å². The first-order valence-corrected chi connectivity index (χ1v) is 7.87. The van der Waals surface area contributed by atoms with Gasteiger partial charge in [-0.1, -0.05) is 0 Å². The van der Waals surface area contributed by atoms with E-state index in [0.29, 0.717) is 18.0 Å². The maximum Gasteiger partial charge on any atom is 0.407 e. The number of fused-ring (bicyclic) bond motifs is 1. The number of ether oxygens (including phenoxy) is 1. The van der Waals surface area contributed by atoms with Crippen LogP contribution in [0.5, 0.6) is 0 Å². The van der Waals surface area contributed by atoms with Gasteiger partial charge in [0.15, 0.2) is 5.65 Å². The molecule has 3 N–H and O–H groups in total. The minimum atomic E-state index is -0.529. The van der Waals surface area contributed by atoms with Crippen molar-refractivity contribution >= 4 is 45.5 Å². The highest BCUT2D eigenvalue weighted by Gasteiger charge is 2.19. The monoisotopic (exact) mass is 418 g/mol. The number of hydrogen-bond donors (Lipinski definition) is 2. The molecule has 0 radical (unpaired) electrons. The molecule has 0 aromatic carbocycles. The fraction of sp³-hybridized carbons (Fsp3) is 0.538. The van der Waals surface area contributed by atoms with E-state index in [-0.39, 0.29) is 6.04 Å². The van der Waals surface area contributed by atoms with Gasteiger partial charge < -0.3 is 15.8 Å². The molecule has 9 heteroatoms. The van der Waals surface area contributed by atoms with Crippen molar-refractivity contribution in [2.24, 2.45) is 0 Å². The fourth-order valence-electron chi connectivity index (χ4n) is 1.93. The molecule has 0 spiro atoms. The highest BCUT2D eigenvalue weighted by atomic mass is 127. The molecule has 0 aliphatic rings. The van der Waals surface area contributed by atoms with E-state index in [2.05, 4.69) is 43.0 Å². The largest absolute Gasteiger partial charge is 0.444 e. The maximum absolute atomic E-state index is 11.8. The van der Waals surface area contributed by atoms with Gasteiger partial charge in [-0.05, 0) is 50.3 Å². The van der Waals surface area contributed by atoms with E-state index < -0.39 is 11.7 Å². The number of nitrogens with two attached hydrogens (primary N) is 1. The second kappa shape index (κ2) is 6.23. The van der Waals surface area contributed by atoms with Gasteiger partial charge in [0.1, 0.15) is 21.4 Å². The maximum atomic E-state index is 11.8. The van der Waals surface area contributed by atoms with Crippen LogP contribution in [0.15, 0.2) is 6.33 Å². The average molecular weight is 418 g/mol. The van der Waals surface area contributed by atoms with E-state index in [1.54, 1.807) is 4.68 Å². The Morgan fingerprint density at radius 2 is 2.18 bits per heavy atom. The third-order valence-electron chi connectivity index (χ3n) is 2.73. The molecule has 2 aromatic rings. The first kappa shape index (κ1) is 16.7. The Bertz CT molecular complexity index is 694. The number of hydrogen-bond acceptors (Lipinski definition) is 6. The molecule has 120 valence electrons. The minimum Gasteiger partial charge on any atom is -0.444 e. The molecular formula is C13H19IN6O2. The molecule has 1 atom stereocenters. The van der Waals surface area contributed by atoms with Crippen LogP contribution in [0.2, 0.25) is 0 Å². The molecule has 0 aliphatic carbocycles. The van der Waals surface area contributed by atoms with Gasteiger partial charge in [0, 0.05) is 6.04 Å². The summed E-state index contributed by atoms with van der Waals surface area (Å²) in [7, 11) is 0. The molecule has 1 amide bonds. The Kier molecular flexibility index (Phi) is 4.73. The number of amides is 1. The Hall–Kier alpha value is -1.65. The average Bonchev–Trinajstić information content (AvgIpc) is 2.64. The summed E-state index contributed by atoms with van der Waals surface area (Å²) in [5.41, 5.74) is 5.97. The van der Waals surface area contributed by atoms with E-state index in [1.807, 2.05) is 27.7 Å². The van der Waals surface area contributed by atoms with E-state index >= 15 is 0 Å². The van der Waals surface area contributed by atoms with Gasteiger partial charge in [-0.15, -0.1) is 0 Å². The molecule has 22 heavy (non-hydrogen) atoms. The second-order valence-electron chi connectivity index (χ2n) is 5.98. The quantitative estimate of drug-likeness (QED) is 0.738. The van der Waals surface area contributed by atoms with E-state index in [4.69, 9.17) is 10.5 Å². The van der Waals surface area contributed by atoms with E-state index in [0.717, 1.165) is 9.09 Å². The van der Waals surface area contributed by atoms with Crippen molar-refractivity contribution in [2.45, 2.75) is 45.9 Å². The lowest BCUT2D eigenvalue weighted by molar-refractivity contribution is 0.0503. The first-order valence-electron chi connectivity index (χ1n) is 6.79. The van der Waals surface area contributed by atoms with Gasteiger partial charge in [-0.2, -0.15) is 5.10 Å². The highest BCUT2D eigenvalue weighted by Crippen LogP contribution is 2.22. The topological polar surface area (TPSA) is 108 Å². The van der Waals surface area contributed by atoms with Crippen LogP contribution < -0.4 is 11.1 Å². The number of nitrogen functional groups attached to an aromatic ring is 1. The molecular weight excluding hydrogens is 399 g/mol. The van der Waals surface area contributed by atoms with Gasteiger partial charge >= 0.3 is 6.09 Å². The molecule has 0 bridgehead atoms. The lowest BCUT2D eigenvalue weighted by Crippen LogP contribution is -2.39. The Morgan fingerprint density at radius 1 is 1.50 bits per heavy atom. The van der Waals surface area contributed by atoms with Crippen LogP contribution in [0.1, 0.15) is 27.7 Å². The van der Waals surface area contributed by atoms with Crippen molar-refractivity contribution < 1.29 is 9.53 Å². The van der Waals surface area contributed by atoms with Crippen molar-refractivity contribution in [1.29, 1.82) is 0 Å². The predicted octanol–water partition coefficient (Wildman–Crippen LogP) is 1.93. The summed E-state index contributed by atoms with van der Waals surface area (Å²) in [5, 5.41) is 7.90. The van der Waals surface area contributed by atoms with Gasteiger partial charge in [-0.3, -0.25) is 0 Å². The van der Waals surface area contributed by atoms with Gasteiger partial charge in [0.2, 0.25) is 0 Å². The number of nitrogens with zero attached hydrogens (tertiary/aromatic N) is 4. The van der Waals surface area contributed by atoms with Gasteiger partial charge in [0.05, 0.1) is 11.9 Å². The zero-order valence-electron chi connectivity index (χ0n) is 12.9. The van der Waals surface area contributed by atoms with Crippen molar-refractivity contribution in [1.82, 2.24) is 25.1 Å². The van der Waals surface area contributed by atoms with Crippen molar-refractivity contribution in [3.05, 3.63) is 10.0 Å². The zero-order chi connectivity index (χ0) is 16.5. The smallest absolute Gasteiger partial charge is 0.407 e. The summed E-state index contributed by atoms with van der Waals surface area (Å²) < 4.78 is 7.67. The van der Waals surface area contributed by atoms with Crippen molar-refractivity contribution in [3.63, 3.8) is 0 Å². The van der Waals surface area contributed by atoms with Crippen LogP contribution in [-0.4, -0.2) is 37.5 Å². The summed E-state index contributed by atoms with van der Waals surface area (Å²) in [6.45, 7) is 7.78. The minimum absolute atomic E-state index is 0.176. The van der Waals surface area contributed by atoms with Crippen molar-refractivity contribution in [2.75, 3.05) is 5.73 Å². The number of nitrogens with one attached hydrogen (secondary N) is 1. The molecule has 0 saturated heterocycles. The fourth-order valence-corrected chi connectivity index (χ4v) is 2.71. The lowest BCUT2D eigenvalue weighted by atomic mass is 10.2. The van der Waals surface area contributed by atoms with E-state index in [1.165, 1.54) is 6.33 Å². The number of carbonyl (C=O) groups is 1. The molecule has 2 rings (SSSR count). The molecule has 8 nitrogen and oxygen atoms in total.